The second-order valence-corrected chi connectivity index (χ2v) is 10.2. The molecule has 12 heteroatoms. The fourth-order valence-corrected chi connectivity index (χ4v) is 5.26. The lowest BCUT2D eigenvalue weighted by Gasteiger charge is -2.42. The Hall–Kier alpha value is -4.88. The molecular formula is C31H28O12. The third kappa shape index (κ3) is 5.76. The largest absolute Gasteiger partial charge is 0.508 e. The molecule has 0 radical (unpaired) electrons. The monoisotopic (exact) mass is 592 g/mol. The van der Waals surface area contributed by atoms with Gasteiger partial charge in [-0.05, 0) is 65.1 Å². The van der Waals surface area contributed by atoms with Gasteiger partial charge in [-0.2, -0.15) is 0 Å². The maximum absolute atomic E-state index is 13.2. The third-order valence-corrected chi connectivity index (χ3v) is 7.41. The van der Waals surface area contributed by atoms with E-state index in [9.17, 15) is 50.4 Å². The number of hydrogen-bond acceptors (Lipinski definition) is 12. The van der Waals surface area contributed by atoms with E-state index in [4.69, 9.17) is 9.47 Å². The highest BCUT2D eigenvalue weighted by Crippen LogP contribution is 2.46. The molecule has 0 bridgehead atoms. The summed E-state index contributed by atoms with van der Waals surface area (Å²) in [5, 5.41) is 82.2. The molecule has 3 aromatic carbocycles. The average molecular weight is 593 g/mol. The Bertz CT molecular complexity index is 1620. The van der Waals surface area contributed by atoms with Crippen LogP contribution in [0.3, 0.4) is 0 Å². The first-order valence-electron chi connectivity index (χ1n) is 13.1. The number of carbonyl (C=O) groups is 2. The number of hydrogen-bond donors (Lipinski definition) is 8. The van der Waals surface area contributed by atoms with E-state index in [1.165, 1.54) is 54.6 Å². The van der Waals surface area contributed by atoms with Gasteiger partial charge in [0.15, 0.2) is 23.4 Å². The molecule has 1 aliphatic carbocycles. The molecule has 5 rings (SSSR count). The van der Waals surface area contributed by atoms with Crippen molar-refractivity contribution >= 4 is 23.4 Å². The molecule has 224 valence electrons. The summed E-state index contributed by atoms with van der Waals surface area (Å²) in [4.78, 5) is 26.1. The number of fused-ring (bicyclic) bond motifs is 1. The van der Waals surface area contributed by atoms with Crippen LogP contribution in [0.5, 0.6) is 28.7 Å². The van der Waals surface area contributed by atoms with Crippen LogP contribution in [0.2, 0.25) is 0 Å². The van der Waals surface area contributed by atoms with Crippen LogP contribution in [0.4, 0.5) is 0 Å². The number of phenols is 5. The molecule has 8 N–H and O–H groups in total. The first-order chi connectivity index (χ1) is 20.5. The van der Waals surface area contributed by atoms with E-state index in [1.54, 1.807) is 0 Å². The van der Waals surface area contributed by atoms with Gasteiger partial charge in [-0.3, -0.25) is 4.79 Å². The topological polar surface area (TPSA) is 214 Å². The SMILES string of the molecule is O=C(C=Cc1ccc(O)cc1)OC1C(c2c(O)cc(O)c3c2CC(c2ccc(O)c(O)c2)=CC3=O)OC(CO)C(O)C1O. The lowest BCUT2D eigenvalue weighted by Crippen LogP contribution is -2.56. The zero-order valence-electron chi connectivity index (χ0n) is 22.4. The van der Waals surface area contributed by atoms with E-state index < -0.39 is 66.1 Å². The molecule has 1 aliphatic heterocycles. The Balaban J connectivity index is 1.55. The molecule has 0 saturated carbocycles. The van der Waals surface area contributed by atoms with Crippen molar-refractivity contribution in [2.24, 2.45) is 0 Å². The molecule has 5 unspecified atom stereocenters. The minimum atomic E-state index is -1.81. The van der Waals surface area contributed by atoms with Crippen LogP contribution in [-0.4, -0.2) is 83.6 Å². The van der Waals surface area contributed by atoms with E-state index in [0.717, 1.165) is 12.1 Å². The minimum Gasteiger partial charge on any atom is -0.508 e. The van der Waals surface area contributed by atoms with E-state index in [-0.39, 0.29) is 34.6 Å². The number of ketones is 1. The maximum atomic E-state index is 13.2. The number of aliphatic hydroxyl groups is 3. The Morgan fingerprint density at radius 3 is 2.30 bits per heavy atom. The number of aromatic hydroxyl groups is 5. The highest BCUT2D eigenvalue weighted by molar-refractivity contribution is 6.14. The first-order valence-corrected chi connectivity index (χ1v) is 13.1. The minimum absolute atomic E-state index is 0.0215. The van der Waals surface area contributed by atoms with Crippen LogP contribution in [0, 0.1) is 0 Å². The maximum Gasteiger partial charge on any atom is 0.331 e. The molecular weight excluding hydrogens is 564 g/mol. The van der Waals surface area contributed by atoms with Gasteiger partial charge in [-0.15, -0.1) is 0 Å². The summed E-state index contributed by atoms with van der Waals surface area (Å²) in [5.74, 6) is -3.57. The van der Waals surface area contributed by atoms with Crippen LogP contribution in [0.1, 0.15) is 38.7 Å². The molecule has 1 saturated heterocycles. The quantitative estimate of drug-likeness (QED) is 0.117. The van der Waals surface area contributed by atoms with E-state index >= 15 is 0 Å². The summed E-state index contributed by atoms with van der Waals surface area (Å²) in [6.45, 7) is -0.756. The van der Waals surface area contributed by atoms with Crippen molar-refractivity contribution < 1.29 is 59.9 Å². The van der Waals surface area contributed by atoms with Crippen molar-refractivity contribution in [1.82, 2.24) is 0 Å². The molecule has 2 aliphatic rings. The molecule has 3 aromatic rings. The fraction of sp³-hybridized carbons (Fsp3) is 0.226. The Morgan fingerprint density at radius 1 is 0.907 bits per heavy atom. The van der Waals surface area contributed by atoms with E-state index in [0.29, 0.717) is 16.7 Å². The summed E-state index contributed by atoms with van der Waals surface area (Å²) < 4.78 is 11.4. The Labute approximate surface area is 244 Å². The number of ether oxygens (including phenoxy) is 2. The lowest BCUT2D eigenvalue weighted by atomic mass is 9.80. The summed E-state index contributed by atoms with van der Waals surface area (Å²) in [6.07, 6.45) is -4.57. The number of phenolic OH excluding ortho intramolecular Hbond substituents is 5. The molecule has 1 heterocycles. The number of aliphatic hydroxyl groups excluding tert-OH is 3. The predicted octanol–water partition coefficient (Wildman–Crippen LogP) is 1.82. The third-order valence-electron chi connectivity index (χ3n) is 7.41. The highest BCUT2D eigenvalue weighted by Gasteiger charge is 2.49. The summed E-state index contributed by atoms with van der Waals surface area (Å²) in [5.41, 5.74) is 0.938. The second kappa shape index (κ2) is 11.8. The summed E-state index contributed by atoms with van der Waals surface area (Å²) >= 11 is 0. The smallest absolute Gasteiger partial charge is 0.331 e. The van der Waals surface area contributed by atoms with Crippen molar-refractivity contribution in [3.8, 4) is 28.7 Å². The molecule has 5 atom stereocenters. The Kier molecular flexibility index (Phi) is 8.11. The van der Waals surface area contributed by atoms with Crippen LogP contribution in [0.15, 0.2) is 60.7 Å². The molecule has 43 heavy (non-hydrogen) atoms. The lowest BCUT2D eigenvalue weighted by molar-refractivity contribution is -0.239. The number of rotatable bonds is 6. The van der Waals surface area contributed by atoms with E-state index in [2.05, 4.69) is 0 Å². The zero-order chi connectivity index (χ0) is 31.0. The summed E-state index contributed by atoms with van der Waals surface area (Å²) in [7, 11) is 0. The second-order valence-electron chi connectivity index (χ2n) is 10.2. The normalized spacial score (nSPS) is 23.6. The van der Waals surface area contributed by atoms with Crippen molar-refractivity contribution in [2.75, 3.05) is 6.61 Å². The zero-order valence-corrected chi connectivity index (χ0v) is 22.4. The van der Waals surface area contributed by atoms with Gasteiger partial charge in [0.1, 0.15) is 41.7 Å². The fourth-order valence-electron chi connectivity index (χ4n) is 5.26. The van der Waals surface area contributed by atoms with Gasteiger partial charge in [0.05, 0.1) is 12.2 Å². The number of benzene rings is 3. The average Bonchev–Trinajstić information content (AvgIpc) is 2.97. The first kappa shape index (κ1) is 29.6. The van der Waals surface area contributed by atoms with Gasteiger partial charge in [0.25, 0.3) is 0 Å². The standard InChI is InChI=1S/C31H28O12/c32-13-24-28(40)29(41)31(43-25(39)8-3-14-1-5-17(33)6-2-14)30(42-24)27-18-9-16(15-4-7-19(34)20(35)10-15)11-21(36)26(18)22(37)12-23(27)38/h1-8,10-12,24,28-35,37-38,40-41H,9,13H2. The van der Waals surface area contributed by atoms with Gasteiger partial charge in [0, 0.05) is 17.7 Å². The molecule has 0 aromatic heterocycles. The van der Waals surface area contributed by atoms with Crippen molar-refractivity contribution in [2.45, 2.75) is 36.9 Å². The van der Waals surface area contributed by atoms with E-state index in [1.807, 2.05) is 0 Å². The number of carbonyl (C=O) groups excluding carboxylic acids is 2. The number of esters is 1. The van der Waals surface area contributed by atoms with Gasteiger partial charge in [-0.25, -0.2) is 4.79 Å². The van der Waals surface area contributed by atoms with Gasteiger partial charge < -0.3 is 50.3 Å². The molecule has 0 spiro atoms. The Morgan fingerprint density at radius 2 is 1.63 bits per heavy atom. The molecule has 1 fully saturated rings. The van der Waals surface area contributed by atoms with Gasteiger partial charge in [-0.1, -0.05) is 18.2 Å². The van der Waals surface area contributed by atoms with Gasteiger partial charge in [0.2, 0.25) is 0 Å². The highest BCUT2D eigenvalue weighted by atomic mass is 16.6. The number of allylic oxidation sites excluding steroid dienone is 2. The van der Waals surface area contributed by atoms with Crippen LogP contribution in [0.25, 0.3) is 11.6 Å². The van der Waals surface area contributed by atoms with Gasteiger partial charge >= 0.3 is 5.97 Å². The van der Waals surface area contributed by atoms with Crippen molar-refractivity contribution in [1.29, 1.82) is 0 Å². The summed E-state index contributed by atoms with van der Waals surface area (Å²) in [6, 6.07) is 10.7. The van der Waals surface area contributed by atoms with Crippen LogP contribution >= 0.6 is 0 Å². The van der Waals surface area contributed by atoms with Crippen LogP contribution < -0.4 is 0 Å². The molecule has 0 amide bonds. The van der Waals surface area contributed by atoms with Crippen molar-refractivity contribution in [3.63, 3.8) is 0 Å². The predicted molar refractivity (Wildman–Crippen MR) is 149 cm³/mol. The van der Waals surface area contributed by atoms with Crippen LogP contribution in [-0.2, 0) is 20.7 Å². The van der Waals surface area contributed by atoms with Crippen molar-refractivity contribution in [3.05, 3.63) is 88.5 Å². The molecule has 12 nitrogen and oxygen atoms in total.